The van der Waals surface area contributed by atoms with E-state index in [1.54, 1.807) is 63.4 Å². The lowest BCUT2D eigenvalue weighted by atomic mass is 9.87. The van der Waals surface area contributed by atoms with E-state index in [0.717, 1.165) is 41.1 Å². The SMILES string of the molecule is COC[C@@H]1NC(=O)[C@H](CC(=O)N(C)C)N(Cc2ccc(Cl)cc2Oc2ccc(-c3cnc(CN(C)C)n3C)cc2)C(=O)C[C@@H](Cc2ccccc2)C(=O)N(C)[C@H]2CCCC[C@@H]2NC(=O)C[C@H](Cc2ccc(Cl)cc2)N(C)C1=O. The summed E-state index contributed by atoms with van der Waals surface area (Å²) in [4.78, 5) is 102. The molecular formula is C59H73Cl2N9O8. The second kappa shape index (κ2) is 27.2. The molecule has 6 atom stereocenters. The van der Waals surface area contributed by atoms with E-state index in [1.165, 1.54) is 21.8 Å². The van der Waals surface area contributed by atoms with Crippen molar-refractivity contribution in [1.29, 1.82) is 0 Å². The van der Waals surface area contributed by atoms with Crippen molar-refractivity contribution in [3.63, 3.8) is 0 Å². The predicted octanol–water partition coefficient (Wildman–Crippen LogP) is 7.16. The molecule has 0 bridgehead atoms. The number of benzene rings is 4. The molecule has 7 rings (SSSR count). The lowest BCUT2D eigenvalue weighted by Gasteiger charge is -2.40. The number of ether oxygens (including phenoxy) is 2. The highest BCUT2D eigenvalue weighted by Crippen LogP contribution is 2.34. The molecule has 2 aliphatic rings. The van der Waals surface area contributed by atoms with Crippen molar-refractivity contribution in [2.45, 2.75) is 101 Å². The molecule has 2 fully saturated rings. The molecule has 78 heavy (non-hydrogen) atoms. The minimum Gasteiger partial charge on any atom is -0.457 e. The van der Waals surface area contributed by atoms with Gasteiger partial charge in [0, 0.05) is 88.4 Å². The van der Waals surface area contributed by atoms with Crippen LogP contribution in [0.4, 0.5) is 0 Å². The van der Waals surface area contributed by atoms with Gasteiger partial charge >= 0.3 is 0 Å². The number of rotatable bonds is 15. The number of hydrogen-bond donors (Lipinski definition) is 2. The first kappa shape index (κ1) is 58.9. The number of nitrogens with zero attached hydrogens (tertiary/aromatic N) is 7. The second-order valence-corrected chi connectivity index (χ2v) is 21.9. The molecule has 5 aromatic rings. The van der Waals surface area contributed by atoms with E-state index in [-0.39, 0.29) is 56.4 Å². The highest BCUT2D eigenvalue weighted by molar-refractivity contribution is 6.31. The highest BCUT2D eigenvalue weighted by atomic mass is 35.5. The quantitative estimate of drug-likeness (QED) is 0.109. The summed E-state index contributed by atoms with van der Waals surface area (Å²) < 4.78 is 14.2. The molecule has 2 N–H and O–H groups in total. The number of carbonyl (C=O) groups is 6. The van der Waals surface area contributed by atoms with Gasteiger partial charge in [0.2, 0.25) is 35.4 Å². The number of imidazole rings is 1. The van der Waals surface area contributed by atoms with E-state index in [0.29, 0.717) is 40.7 Å². The standard InChI is InChI=1S/C59H73Cl2N9O8/c1-65(2)36-53-62-34-51(68(53)6)40-21-26-46(27-22-40)78-52-31-44(61)25-20-41(52)35-70-50(33-55(72)66(3)4)57(74)64-48(37-77-8)59(76)67(5)45(29-39-18-23-43(60)24-19-39)32-54(71)63-47-16-12-13-17-49(47)69(7)58(75)42(30-56(70)73)28-38-14-10-9-11-15-38/h9-11,14-15,18-27,31,34,42,45,47-50H,12-13,16-17,28-30,32-33,35-37H2,1-8H3,(H,63,71)(H,64,74)/t42-,45+,47+,48+,49+,50+/m1/s1. The zero-order valence-electron chi connectivity index (χ0n) is 45.9. The number of halogens is 2. The summed E-state index contributed by atoms with van der Waals surface area (Å²) in [7, 11) is 13.7. The fraction of sp³-hybridized carbons (Fsp3) is 0.441. The van der Waals surface area contributed by atoms with Gasteiger partial charge in [-0.25, -0.2) is 4.98 Å². The lowest BCUT2D eigenvalue weighted by molar-refractivity contribution is -0.149. The first-order chi connectivity index (χ1) is 37.3. The fourth-order valence-electron chi connectivity index (χ4n) is 10.4. The summed E-state index contributed by atoms with van der Waals surface area (Å²) in [6.07, 6.45) is 4.15. The first-order valence-corrected chi connectivity index (χ1v) is 27.2. The molecule has 1 aromatic heterocycles. The summed E-state index contributed by atoms with van der Waals surface area (Å²) in [5.74, 6) is -2.41. The maximum atomic E-state index is 15.7. The van der Waals surface area contributed by atoms with Crippen LogP contribution in [-0.4, -0.2) is 156 Å². The maximum Gasteiger partial charge on any atom is 0.247 e. The van der Waals surface area contributed by atoms with Crippen molar-refractivity contribution < 1.29 is 38.2 Å². The molecule has 19 heteroatoms. The zero-order chi connectivity index (χ0) is 56.2. The third kappa shape index (κ3) is 15.3. The third-order valence-electron chi connectivity index (χ3n) is 14.8. The van der Waals surface area contributed by atoms with Crippen LogP contribution in [0.25, 0.3) is 11.3 Å². The van der Waals surface area contributed by atoms with E-state index >= 15 is 14.4 Å². The Morgan fingerprint density at radius 3 is 2.13 bits per heavy atom. The van der Waals surface area contributed by atoms with E-state index in [1.807, 2.05) is 104 Å². The normalized spacial score (nSPS) is 21.2. The summed E-state index contributed by atoms with van der Waals surface area (Å²) in [6.45, 7) is 0.0993. The van der Waals surface area contributed by atoms with Gasteiger partial charge in [-0.1, -0.05) is 84.6 Å². The van der Waals surface area contributed by atoms with Gasteiger partial charge in [0.25, 0.3) is 0 Å². The Morgan fingerprint density at radius 2 is 1.45 bits per heavy atom. The van der Waals surface area contributed by atoms with Crippen LogP contribution in [0, 0.1) is 5.92 Å². The summed E-state index contributed by atoms with van der Waals surface area (Å²) in [6, 6.07) is 24.5. The Balaban J connectivity index is 1.32. The van der Waals surface area contributed by atoms with Gasteiger partial charge in [0.05, 0.1) is 50.0 Å². The molecule has 1 aliphatic carbocycles. The Hall–Kier alpha value is -6.79. The van der Waals surface area contributed by atoms with Crippen LogP contribution in [0.2, 0.25) is 10.0 Å². The summed E-state index contributed by atoms with van der Waals surface area (Å²) >= 11 is 12.9. The smallest absolute Gasteiger partial charge is 0.247 e. The number of carbonyl (C=O) groups excluding carboxylic acids is 6. The zero-order valence-corrected chi connectivity index (χ0v) is 47.4. The molecule has 4 aromatic carbocycles. The van der Waals surface area contributed by atoms with E-state index < -0.39 is 66.2 Å². The number of fused-ring (bicyclic) bond motifs is 1. The average Bonchev–Trinajstić information content (AvgIpc) is 3.78. The van der Waals surface area contributed by atoms with Gasteiger partial charge in [0.15, 0.2) is 0 Å². The lowest BCUT2D eigenvalue weighted by Crippen LogP contribution is -2.59. The largest absolute Gasteiger partial charge is 0.457 e. The number of aromatic nitrogens is 2. The van der Waals surface area contributed by atoms with E-state index in [9.17, 15) is 14.4 Å². The number of nitrogens with one attached hydrogen (secondary N) is 2. The average molecular weight is 1110 g/mol. The second-order valence-electron chi connectivity index (χ2n) is 21.0. The molecule has 0 spiro atoms. The van der Waals surface area contributed by atoms with Crippen LogP contribution in [0.15, 0.2) is 103 Å². The van der Waals surface area contributed by atoms with Crippen molar-refractivity contribution >= 4 is 58.6 Å². The molecule has 1 aliphatic heterocycles. The molecule has 1 saturated heterocycles. The van der Waals surface area contributed by atoms with Crippen LogP contribution >= 0.6 is 23.2 Å². The Kier molecular flexibility index (Phi) is 20.5. The molecule has 1 saturated carbocycles. The molecule has 0 radical (unpaired) electrons. The highest BCUT2D eigenvalue weighted by Gasteiger charge is 2.41. The van der Waals surface area contributed by atoms with Crippen molar-refractivity contribution in [2.75, 3.05) is 56.0 Å². The first-order valence-electron chi connectivity index (χ1n) is 26.4. The molecular weight excluding hydrogens is 1030 g/mol. The molecule has 6 amide bonds. The van der Waals surface area contributed by atoms with E-state index in [2.05, 4.69) is 15.6 Å². The Morgan fingerprint density at radius 1 is 0.769 bits per heavy atom. The number of methoxy groups -OCH3 is 1. The number of likely N-dealkylation sites (N-methyl/N-ethyl adjacent to an activating group) is 2. The van der Waals surface area contributed by atoms with Crippen LogP contribution in [-0.2, 0) is 66.5 Å². The fourth-order valence-corrected chi connectivity index (χ4v) is 10.7. The molecule has 0 unspecified atom stereocenters. The monoisotopic (exact) mass is 1110 g/mol. The van der Waals surface area contributed by atoms with Gasteiger partial charge in [0.1, 0.15) is 29.4 Å². The van der Waals surface area contributed by atoms with Gasteiger partial charge in [-0.15, -0.1) is 0 Å². The van der Waals surface area contributed by atoms with E-state index in [4.69, 9.17) is 32.7 Å². The van der Waals surface area contributed by atoms with Gasteiger partial charge in [-0.05, 0) is 99.4 Å². The number of hydrogen-bond acceptors (Lipinski definition) is 10. The van der Waals surface area contributed by atoms with Crippen molar-refractivity contribution in [3.05, 3.63) is 136 Å². The summed E-state index contributed by atoms with van der Waals surface area (Å²) in [5.41, 5.74) is 3.88. The predicted molar refractivity (Wildman–Crippen MR) is 301 cm³/mol. The summed E-state index contributed by atoms with van der Waals surface area (Å²) in [5, 5.41) is 6.97. The van der Waals surface area contributed by atoms with Gasteiger partial charge in [-0.3, -0.25) is 28.8 Å². The van der Waals surface area contributed by atoms with Crippen molar-refractivity contribution in [1.82, 2.24) is 44.7 Å². The van der Waals surface area contributed by atoms with Crippen LogP contribution in [0.3, 0.4) is 0 Å². The van der Waals surface area contributed by atoms with Crippen LogP contribution in [0.1, 0.15) is 67.5 Å². The Bertz CT molecular complexity index is 2880. The van der Waals surface area contributed by atoms with Crippen LogP contribution < -0.4 is 15.4 Å². The minimum atomic E-state index is -1.54. The van der Waals surface area contributed by atoms with Crippen LogP contribution in [0.5, 0.6) is 11.5 Å². The molecule has 17 nitrogen and oxygen atoms in total. The van der Waals surface area contributed by atoms with Gasteiger partial charge < -0.3 is 49.2 Å². The molecule has 416 valence electrons. The molecule has 2 heterocycles. The topological polar surface area (TPSA) is 179 Å². The third-order valence-corrected chi connectivity index (χ3v) is 15.3. The van der Waals surface area contributed by atoms with Crippen molar-refractivity contribution in [3.8, 4) is 22.8 Å². The number of amides is 6. The van der Waals surface area contributed by atoms with Crippen molar-refractivity contribution in [2.24, 2.45) is 13.0 Å². The Labute approximate surface area is 468 Å². The van der Waals surface area contributed by atoms with Gasteiger partial charge in [-0.2, -0.15) is 0 Å². The minimum absolute atomic E-state index is 0.101. The maximum absolute atomic E-state index is 15.7.